The molecule has 0 saturated heterocycles. The van der Waals surface area contributed by atoms with Gasteiger partial charge in [0.05, 0.1) is 19.7 Å². The molecule has 0 atom stereocenters. The highest BCUT2D eigenvalue weighted by Crippen LogP contribution is 2.44. The van der Waals surface area contributed by atoms with Crippen molar-refractivity contribution in [3.63, 3.8) is 0 Å². The maximum atomic E-state index is 12.8. The molecule has 1 aromatic heterocycles. The molecule has 208 valence electrons. The number of aromatic nitrogens is 2. The molecule has 1 heterocycles. The fraction of sp³-hybridized carbons (Fsp3) is 0.333. The fourth-order valence-electron chi connectivity index (χ4n) is 5.43. The van der Waals surface area contributed by atoms with E-state index in [1.54, 1.807) is 0 Å². The van der Waals surface area contributed by atoms with Crippen LogP contribution in [0.2, 0.25) is 0 Å². The van der Waals surface area contributed by atoms with Gasteiger partial charge >= 0.3 is 6.09 Å². The van der Waals surface area contributed by atoms with E-state index in [9.17, 15) is 4.79 Å². The highest BCUT2D eigenvalue weighted by molar-refractivity contribution is 5.85. The molecule has 0 bridgehead atoms. The van der Waals surface area contributed by atoms with Crippen LogP contribution in [0.1, 0.15) is 43.1 Å². The average molecular weight is 572 g/mol. The third-order valence-corrected chi connectivity index (χ3v) is 7.14. The zero-order chi connectivity index (χ0) is 25.8. The summed E-state index contributed by atoms with van der Waals surface area (Å²) in [6.07, 6.45) is 0.403. The number of nitrogens with zero attached hydrogens (tertiary/aromatic N) is 2. The third-order valence-electron chi connectivity index (χ3n) is 7.14. The number of carbonyl (C=O) groups excluding carboxylic acids is 1. The molecule has 0 fully saturated rings. The van der Waals surface area contributed by atoms with Crippen LogP contribution in [0.3, 0.4) is 0 Å². The van der Waals surface area contributed by atoms with Gasteiger partial charge in [-0.05, 0) is 61.2 Å². The number of rotatable bonds is 10. The van der Waals surface area contributed by atoms with Crippen LogP contribution in [-0.4, -0.2) is 30.4 Å². The van der Waals surface area contributed by atoms with Crippen molar-refractivity contribution < 1.29 is 31.2 Å². The minimum absolute atomic E-state index is 0. The van der Waals surface area contributed by atoms with Gasteiger partial charge in [-0.15, -0.1) is 12.4 Å². The van der Waals surface area contributed by atoms with E-state index in [1.165, 1.54) is 22.3 Å². The zero-order valence-corrected chi connectivity index (χ0v) is 23.9. The van der Waals surface area contributed by atoms with Crippen LogP contribution in [0.25, 0.3) is 22.2 Å². The van der Waals surface area contributed by atoms with Gasteiger partial charge in [0.1, 0.15) is 18.9 Å². The van der Waals surface area contributed by atoms with Crippen LogP contribution in [-0.2, 0) is 24.4 Å². The van der Waals surface area contributed by atoms with Crippen LogP contribution in [0.5, 0.6) is 5.75 Å². The molecule has 9 heteroatoms. The Morgan fingerprint density at radius 1 is 1.03 bits per heavy atom. The zero-order valence-electron chi connectivity index (χ0n) is 22.4. The van der Waals surface area contributed by atoms with Crippen LogP contribution in [0.15, 0.2) is 66.7 Å². The van der Waals surface area contributed by atoms with Gasteiger partial charge in [0.25, 0.3) is 5.82 Å². The van der Waals surface area contributed by atoms with Crippen molar-refractivity contribution in [1.82, 2.24) is 9.88 Å². The van der Waals surface area contributed by atoms with E-state index in [-0.39, 0.29) is 30.7 Å². The number of ether oxygens (including phenoxy) is 2. The van der Waals surface area contributed by atoms with E-state index < -0.39 is 6.09 Å². The smallest absolute Gasteiger partial charge is 0.407 e. The van der Waals surface area contributed by atoms with E-state index in [0.29, 0.717) is 26.3 Å². The predicted molar refractivity (Wildman–Crippen MR) is 152 cm³/mol. The van der Waals surface area contributed by atoms with Crippen molar-refractivity contribution in [3.8, 4) is 16.9 Å². The van der Waals surface area contributed by atoms with Gasteiger partial charge in [-0.2, -0.15) is 0 Å². The first-order valence-electron chi connectivity index (χ1n) is 13.1. The van der Waals surface area contributed by atoms with Gasteiger partial charge < -0.3 is 32.9 Å². The summed E-state index contributed by atoms with van der Waals surface area (Å²) in [6.45, 7) is 7.66. The third kappa shape index (κ3) is 6.01. The molecule has 0 aliphatic heterocycles. The highest BCUT2D eigenvalue weighted by Gasteiger charge is 2.29. The van der Waals surface area contributed by atoms with Crippen LogP contribution in [0.4, 0.5) is 4.79 Å². The molecular weight excluding hydrogens is 535 g/mol. The molecule has 1 aliphatic rings. The molecule has 0 unspecified atom stereocenters. The SMILES string of the molecule is CCn1c(CNC(=O)OCC2c3ccccc3-c3ccccc32)[n+](CC)c2ccc(OCCCN)cc21.Cl.[Cl-]. The van der Waals surface area contributed by atoms with Crippen LogP contribution < -0.4 is 32.8 Å². The molecular formula is C30H36Cl2N4O3. The Morgan fingerprint density at radius 2 is 1.69 bits per heavy atom. The Hall–Kier alpha value is -3.26. The Kier molecular flexibility index (Phi) is 10.6. The van der Waals surface area contributed by atoms with Crippen molar-refractivity contribution in [1.29, 1.82) is 0 Å². The standard InChI is InChI=1S/C30H34N4O3.2ClH/c1-3-33-27-15-14-21(36-17-9-16-31)18-28(27)34(4-2)29(33)19-32-30(35)37-20-26-24-12-7-5-10-22(24)23-11-6-8-13-25(23)26;;/h5-8,10-15,18,26H,3-4,9,16-17,19-20,31H2,1-2H3;2*1H. The Labute approximate surface area is 242 Å². The lowest BCUT2D eigenvalue weighted by atomic mass is 9.98. The number of halogens is 2. The summed E-state index contributed by atoms with van der Waals surface area (Å²) in [6, 6.07) is 22.8. The summed E-state index contributed by atoms with van der Waals surface area (Å²) in [7, 11) is 0. The van der Waals surface area contributed by atoms with E-state index in [1.807, 2.05) is 18.2 Å². The maximum absolute atomic E-state index is 12.8. The van der Waals surface area contributed by atoms with Gasteiger partial charge in [-0.3, -0.25) is 0 Å². The number of benzene rings is 3. The lowest BCUT2D eigenvalue weighted by Crippen LogP contribution is -3.00. The normalized spacial score (nSPS) is 11.8. The molecule has 3 N–H and O–H groups in total. The summed E-state index contributed by atoms with van der Waals surface area (Å²) in [5.41, 5.74) is 12.6. The number of hydrogen-bond acceptors (Lipinski definition) is 4. The van der Waals surface area contributed by atoms with Gasteiger partial charge in [0, 0.05) is 12.0 Å². The molecule has 1 aliphatic carbocycles. The minimum atomic E-state index is -0.414. The number of nitrogens with one attached hydrogen (secondary N) is 1. The van der Waals surface area contributed by atoms with Crippen molar-refractivity contribution in [2.45, 2.75) is 45.8 Å². The van der Waals surface area contributed by atoms with Crippen molar-refractivity contribution >= 4 is 29.5 Å². The molecule has 39 heavy (non-hydrogen) atoms. The summed E-state index contributed by atoms with van der Waals surface area (Å²) >= 11 is 0. The van der Waals surface area contributed by atoms with E-state index in [2.05, 4.69) is 76.8 Å². The molecule has 4 aromatic rings. The summed E-state index contributed by atoms with van der Waals surface area (Å²) in [4.78, 5) is 12.8. The second-order valence-corrected chi connectivity index (χ2v) is 9.23. The molecule has 0 spiro atoms. The van der Waals surface area contributed by atoms with E-state index in [4.69, 9.17) is 15.2 Å². The molecule has 7 nitrogen and oxygen atoms in total. The quantitative estimate of drug-likeness (QED) is 0.226. The first-order chi connectivity index (χ1) is 18.2. The van der Waals surface area contributed by atoms with Crippen molar-refractivity contribution in [3.05, 3.63) is 83.7 Å². The number of nitrogens with two attached hydrogens (primary N) is 1. The van der Waals surface area contributed by atoms with Crippen molar-refractivity contribution in [2.24, 2.45) is 5.73 Å². The number of imidazole rings is 1. The predicted octanol–water partition coefficient (Wildman–Crippen LogP) is 2.16. The number of aryl methyl sites for hydroxylation is 2. The summed E-state index contributed by atoms with van der Waals surface area (Å²) in [5, 5.41) is 2.99. The van der Waals surface area contributed by atoms with E-state index in [0.717, 1.165) is 42.1 Å². The van der Waals surface area contributed by atoms with Crippen LogP contribution >= 0.6 is 12.4 Å². The fourth-order valence-corrected chi connectivity index (χ4v) is 5.43. The second-order valence-electron chi connectivity index (χ2n) is 9.23. The maximum Gasteiger partial charge on any atom is 0.407 e. The number of carbonyl (C=O) groups is 1. The largest absolute Gasteiger partial charge is 1.00 e. The molecule has 3 aromatic carbocycles. The Bertz CT molecular complexity index is 1380. The van der Waals surface area contributed by atoms with Gasteiger partial charge in [-0.1, -0.05) is 48.5 Å². The second kappa shape index (κ2) is 13.7. The number of hydrogen-bond donors (Lipinski definition) is 2. The monoisotopic (exact) mass is 570 g/mol. The minimum Gasteiger partial charge on any atom is -1.00 e. The van der Waals surface area contributed by atoms with Gasteiger partial charge in [-0.25, -0.2) is 13.9 Å². The average Bonchev–Trinajstić information content (AvgIpc) is 3.42. The number of fused-ring (bicyclic) bond motifs is 4. The first-order valence-corrected chi connectivity index (χ1v) is 13.1. The Balaban J connectivity index is 0.00000210. The topological polar surface area (TPSA) is 82.4 Å². The summed E-state index contributed by atoms with van der Waals surface area (Å²) < 4.78 is 16.1. The van der Waals surface area contributed by atoms with Crippen molar-refractivity contribution in [2.75, 3.05) is 19.8 Å². The summed E-state index contributed by atoms with van der Waals surface area (Å²) in [5.74, 6) is 1.89. The van der Waals surface area contributed by atoms with Gasteiger partial charge in [0.15, 0.2) is 11.0 Å². The number of amides is 1. The lowest BCUT2D eigenvalue weighted by Gasteiger charge is -2.14. The number of alkyl carbamates (subject to hydrolysis) is 1. The Morgan fingerprint density at radius 3 is 2.31 bits per heavy atom. The molecule has 0 saturated carbocycles. The molecule has 5 rings (SSSR count). The van der Waals surface area contributed by atoms with Gasteiger partial charge in [0.2, 0.25) is 0 Å². The van der Waals surface area contributed by atoms with E-state index >= 15 is 0 Å². The first kappa shape index (κ1) is 30.3. The highest BCUT2D eigenvalue weighted by atomic mass is 35.5. The lowest BCUT2D eigenvalue weighted by molar-refractivity contribution is -0.676. The molecule has 1 amide bonds. The molecule has 0 radical (unpaired) electrons. The van der Waals surface area contributed by atoms with Crippen LogP contribution in [0, 0.1) is 0 Å².